The molecular formula is C12H18BrClN2O2S. The van der Waals surface area contributed by atoms with Crippen molar-refractivity contribution in [1.29, 1.82) is 0 Å². The SMILES string of the molecule is CN(Cc1cc(Br)cs1)C(=O)C1(N)CCOCC1.Cl. The molecule has 0 saturated carbocycles. The van der Waals surface area contributed by atoms with Crippen LogP contribution >= 0.6 is 39.7 Å². The fraction of sp³-hybridized carbons (Fsp3) is 0.583. The molecule has 1 saturated heterocycles. The fourth-order valence-electron chi connectivity index (χ4n) is 2.07. The van der Waals surface area contributed by atoms with Gasteiger partial charge >= 0.3 is 0 Å². The summed E-state index contributed by atoms with van der Waals surface area (Å²) < 4.78 is 6.31. The van der Waals surface area contributed by atoms with Crippen LogP contribution in [0.4, 0.5) is 0 Å². The lowest BCUT2D eigenvalue weighted by atomic mass is 9.90. The molecule has 0 unspecified atom stereocenters. The highest BCUT2D eigenvalue weighted by Crippen LogP contribution is 2.24. The van der Waals surface area contributed by atoms with Crippen molar-refractivity contribution in [2.45, 2.75) is 24.9 Å². The van der Waals surface area contributed by atoms with Gasteiger partial charge in [0.15, 0.2) is 0 Å². The highest BCUT2D eigenvalue weighted by atomic mass is 79.9. The number of likely N-dealkylation sites (N-methyl/N-ethyl adjacent to an activating group) is 1. The number of nitrogens with two attached hydrogens (primary N) is 1. The van der Waals surface area contributed by atoms with Gasteiger partial charge in [-0.2, -0.15) is 0 Å². The monoisotopic (exact) mass is 368 g/mol. The Bertz CT molecular complexity index is 435. The van der Waals surface area contributed by atoms with E-state index in [-0.39, 0.29) is 18.3 Å². The van der Waals surface area contributed by atoms with Crippen LogP contribution in [-0.4, -0.2) is 36.6 Å². The fourth-order valence-corrected chi connectivity index (χ4v) is 3.58. The number of carbonyl (C=O) groups excluding carboxylic acids is 1. The molecular weight excluding hydrogens is 352 g/mol. The van der Waals surface area contributed by atoms with Crippen LogP contribution in [0.2, 0.25) is 0 Å². The largest absolute Gasteiger partial charge is 0.381 e. The molecule has 2 heterocycles. The molecule has 0 spiro atoms. The average molecular weight is 370 g/mol. The zero-order valence-corrected chi connectivity index (χ0v) is 13.9. The van der Waals surface area contributed by atoms with E-state index < -0.39 is 5.54 Å². The van der Waals surface area contributed by atoms with E-state index in [0.29, 0.717) is 32.6 Å². The molecule has 0 atom stereocenters. The van der Waals surface area contributed by atoms with E-state index in [9.17, 15) is 4.79 Å². The minimum absolute atomic E-state index is 0. The summed E-state index contributed by atoms with van der Waals surface area (Å²) in [7, 11) is 1.81. The van der Waals surface area contributed by atoms with Crippen LogP contribution in [0.3, 0.4) is 0 Å². The first kappa shape index (κ1) is 16.9. The third-order valence-electron chi connectivity index (χ3n) is 3.17. The molecule has 108 valence electrons. The molecule has 1 fully saturated rings. The van der Waals surface area contributed by atoms with E-state index >= 15 is 0 Å². The second kappa shape index (κ2) is 7.04. The molecule has 0 bridgehead atoms. The molecule has 1 aliphatic rings. The highest BCUT2D eigenvalue weighted by molar-refractivity contribution is 9.10. The lowest BCUT2D eigenvalue weighted by Gasteiger charge is -2.35. The van der Waals surface area contributed by atoms with Gasteiger partial charge in [0.2, 0.25) is 5.91 Å². The predicted octanol–water partition coefficient (Wildman–Crippen LogP) is 2.40. The normalized spacial score (nSPS) is 17.6. The Labute approximate surface area is 131 Å². The first-order chi connectivity index (χ1) is 8.51. The van der Waals surface area contributed by atoms with Gasteiger partial charge in [0.1, 0.15) is 0 Å². The zero-order chi connectivity index (χ0) is 13.2. The third-order valence-corrected chi connectivity index (χ3v) is 4.85. The van der Waals surface area contributed by atoms with Crippen molar-refractivity contribution in [1.82, 2.24) is 4.90 Å². The average Bonchev–Trinajstić information content (AvgIpc) is 2.74. The Balaban J connectivity index is 0.00000180. The Morgan fingerprint density at radius 2 is 2.21 bits per heavy atom. The number of ether oxygens (including phenoxy) is 1. The van der Waals surface area contributed by atoms with Crippen LogP contribution in [0, 0.1) is 0 Å². The quantitative estimate of drug-likeness (QED) is 0.890. The maximum Gasteiger partial charge on any atom is 0.242 e. The number of amides is 1. The van der Waals surface area contributed by atoms with Crippen LogP contribution in [-0.2, 0) is 16.1 Å². The summed E-state index contributed by atoms with van der Waals surface area (Å²) in [6.07, 6.45) is 1.20. The molecule has 1 aromatic heterocycles. The Morgan fingerprint density at radius 1 is 1.58 bits per heavy atom. The molecule has 1 aromatic rings. The van der Waals surface area contributed by atoms with E-state index in [2.05, 4.69) is 15.9 Å². The molecule has 4 nitrogen and oxygen atoms in total. The van der Waals surface area contributed by atoms with E-state index in [1.807, 2.05) is 11.4 Å². The molecule has 0 aliphatic carbocycles. The van der Waals surface area contributed by atoms with Gasteiger partial charge in [0.05, 0.1) is 12.1 Å². The van der Waals surface area contributed by atoms with Crippen LogP contribution in [0.1, 0.15) is 17.7 Å². The molecule has 1 aliphatic heterocycles. The number of nitrogens with zero attached hydrogens (tertiary/aromatic N) is 1. The summed E-state index contributed by atoms with van der Waals surface area (Å²) in [5, 5.41) is 2.01. The van der Waals surface area contributed by atoms with Crippen molar-refractivity contribution in [3.63, 3.8) is 0 Å². The number of carbonyl (C=O) groups is 1. The highest BCUT2D eigenvalue weighted by Gasteiger charge is 2.37. The van der Waals surface area contributed by atoms with E-state index in [1.54, 1.807) is 23.3 Å². The summed E-state index contributed by atoms with van der Waals surface area (Å²) in [5.74, 6) is 0.00956. The second-order valence-corrected chi connectivity index (χ2v) is 6.57. The van der Waals surface area contributed by atoms with Gasteiger partial charge < -0.3 is 15.4 Å². The van der Waals surface area contributed by atoms with E-state index in [0.717, 1.165) is 9.35 Å². The van der Waals surface area contributed by atoms with Gasteiger partial charge in [-0.05, 0) is 34.8 Å². The van der Waals surface area contributed by atoms with Crippen molar-refractivity contribution < 1.29 is 9.53 Å². The number of thiophene rings is 1. The summed E-state index contributed by atoms with van der Waals surface area (Å²) >= 11 is 5.05. The first-order valence-electron chi connectivity index (χ1n) is 5.86. The maximum atomic E-state index is 12.4. The van der Waals surface area contributed by atoms with Crippen molar-refractivity contribution >= 4 is 45.6 Å². The molecule has 7 heteroatoms. The molecule has 1 amide bonds. The van der Waals surface area contributed by atoms with Crippen molar-refractivity contribution in [3.05, 3.63) is 20.8 Å². The van der Waals surface area contributed by atoms with Crippen LogP contribution in [0.25, 0.3) is 0 Å². The van der Waals surface area contributed by atoms with Gasteiger partial charge in [-0.3, -0.25) is 4.79 Å². The smallest absolute Gasteiger partial charge is 0.242 e. The van der Waals surface area contributed by atoms with Crippen LogP contribution in [0.15, 0.2) is 15.9 Å². The Morgan fingerprint density at radius 3 is 2.74 bits per heavy atom. The van der Waals surface area contributed by atoms with Gasteiger partial charge in [-0.1, -0.05) is 0 Å². The Hall–Kier alpha value is -0.140. The summed E-state index contributed by atoms with van der Waals surface area (Å²) in [5.41, 5.74) is 5.44. The lowest BCUT2D eigenvalue weighted by molar-refractivity contribution is -0.139. The standard InChI is InChI=1S/C12H17BrN2O2S.ClH/c1-15(7-10-6-9(13)8-18-10)11(16)12(14)2-4-17-5-3-12;/h6,8H,2-5,7,14H2,1H3;1H. The predicted molar refractivity (Wildman–Crippen MR) is 82.7 cm³/mol. The summed E-state index contributed by atoms with van der Waals surface area (Å²) in [6, 6.07) is 2.03. The summed E-state index contributed by atoms with van der Waals surface area (Å²) in [6.45, 7) is 1.75. The topological polar surface area (TPSA) is 55.6 Å². The number of hydrogen-bond donors (Lipinski definition) is 1. The minimum Gasteiger partial charge on any atom is -0.381 e. The Kier molecular flexibility index (Phi) is 6.26. The number of rotatable bonds is 3. The van der Waals surface area contributed by atoms with E-state index in [1.165, 1.54) is 0 Å². The van der Waals surface area contributed by atoms with Crippen LogP contribution in [0.5, 0.6) is 0 Å². The van der Waals surface area contributed by atoms with Gasteiger partial charge in [0, 0.05) is 35.0 Å². The molecule has 2 N–H and O–H groups in total. The number of hydrogen-bond acceptors (Lipinski definition) is 4. The third kappa shape index (κ3) is 4.16. The van der Waals surface area contributed by atoms with Gasteiger partial charge in [-0.25, -0.2) is 0 Å². The molecule has 0 aromatic carbocycles. The van der Waals surface area contributed by atoms with Crippen molar-refractivity contribution in [2.75, 3.05) is 20.3 Å². The van der Waals surface area contributed by atoms with Crippen molar-refractivity contribution in [3.8, 4) is 0 Å². The minimum atomic E-state index is -0.749. The number of halogens is 2. The molecule has 0 radical (unpaired) electrons. The second-order valence-electron chi connectivity index (χ2n) is 4.66. The maximum absolute atomic E-state index is 12.4. The molecule has 19 heavy (non-hydrogen) atoms. The lowest BCUT2D eigenvalue weighted by Crippen LogP contribution is -2.57. The van der Waals surface area contributed by atoms with Gasteiger partial charge in [0.25, 0.3) is 0 Å². The van der Waals surface area contributed by atoms with Crippen LogP contribution < -0.4 is 5.73 Å². The van der Waals surface area contributed by atoms with Gasteiger partial charge in [-0.15, -0.1) is 23.7 Å². The zero-order valence-electron chi connectivity index (χ0n) is 10.7. The first-order valence-corrected chi connectivity index (χ1v) is 7.54. The van der Waals surface area contributed by atoms with Crippen molar-refractivity contribution in [2.24, 2.45) is 5.73 Å². The molecule has 2 rings (SSSR count). The van der Waals surface area contributed by atoms with E-state index in [4.69, 9.17) is 10.5 Å². The summed E-state index contributed by atoms with van der Waals surface area (Å²) in [4.78, 5) is 15.2.